The van der Waals surface area contributed by atoms with Crippen LogP contribution in [0.2, 0.25) is 0 Å². The number of rotatable bonds is 8. The fraction of sp³-hybridized carbons (Fsp3) is 0.333. The SMILES string of the molecule is CC(Nc1ccc(N(CCO)CCO)cc1)c1cc(N)ccc1N. The summed E-state index contributed by atoms with van der Waals surface area (Å²) in [5, 5.41) is 21.6. The average Bonchev–Trinajstić information content (AvgIpc) is 2.57. The van der Waals surface area contributed by atoms with E-state index in [4.69, 9.17) is 21.7 Å². The molecule has 0 aliphatic heterocycles. The summed E-state index contributed by atoms with van der Waals surface area (Å²) >= 11 is 0. The molecule has 0 saturated carbocycles. The van der Waals surface area contributed by atoms with Gasteiger partial charge in [0.2, 0.25) is 0 Å². The first-order chi connectivity index (χ1) is 11.5. The van der Waals surface area contributed by atoms with E-state index in [1.807, 2.05) is 48.2 Å². The van der Waals surface area contributed by atoms with Gasteiger partial charge in [0.05, 0.1) is 19.3 Å². The number of anilines is 4. The standard InChI is InChI=1S/C18H26N4O2/c1-13(17-12-14(19)2-7-18(17)20)21-15-3-5-16(6-4-15)22(8-10-23)9-11-24/h2-7,12-13,21,23-24H,8-11,19-20H2,1H3. The smallest absolute Gasteiger partial charge is 0.0606 e. The molecule has 6 nitrogen and oxygen atoms in total. The van der Waals surface area contributed by atoms with Gasteiger partial charge in [0.25, 0.3) is 0 Å². The lowest BCUT2D eigenvalue weighted by Crippen LogP contribution is -2.29. The predicted octanol–water partition coefficient (Wildman–Crippen LogP) is 1.82. The Kier molecular flexibility index (Phi) is 6.28. The van der Waals surface area contributed by atoms with Crippen molar-refractivity contribution < 1.29 is 10.2 Å². The van der Waals surface area contributed by atoms with E-state index in [0.29, 0.717) is 24.5 Å². The second-order valence-electron chi connectivity index (χ2n) is 5.74. The van der Waals surface area contributed by atoms with Crippen LogP contribution in [0.4, 0.5) is 22.7 Å². The van der Waals surface area contributed by atoms with Crippen LogP contribution >= 0.6 is 0 Å². The molecular formula is C18H26N4O2. The molecule has 6 heteroatoms. The lowest BCUT2D eigenvalue weighted by atomic mass is 10.0. The molecule has 0 amide bonds. The van der Waals surface area contributed by atoms with Gasteiger partial charge in [-0.2, -0.15) is 0 Å². The van der Waals surface area contributed by atoms with Crippen molar-refractivity contribution in [3.05, 3.63) is 48.0 Å². The third kappa shape index (κ3) is 4.53. The molecule has 0 aromatic heterocycles. The Labute approximate surface area is 142 Å². The Balaban J connectivity index is 2.09. The largest absolute Gasteiger partial charge is 0.399 e. The van der Waals surface area contributed by atoms with Crippen LogP contribution in [0.3, 0.4) is 0 Å². The van der Waals surface area contributed by atoms with E-state index in [2.05, 4.69) is 5.32 Å². The van der Waals surface area contributed by atoms with E-state index in [9.17, 15) is 0 Å². The molecule has 0 saturated heterocycles. The van der Waals surface area contributed by atoms with E-state index in [-0.39, 0.29) is 19.3 Å². The normalized spacial score (nSPS) is 12.0. The summed E-state index contributed by atoms with van der Waals surface area (Å²) in [5.74, 6) is 0. The molecule has 24 heavy (non-hydrogen) atoms. The van der Waals surface area contributed by atoms with Crippen molar-refractivity contribution in [1.82, 2.24) is 0 Å². The molecule has 0 spiro atoms. The van der Waals surface area contributed by atoms with Gasteiger partial charge in [-0.3, -0.25) is 0 Å². The number of nitrogens with one attached hydrogen (secondary N) is 1. The Hall–Kier alpha value is -2.44. The highest BCUT2D eigenvalue weighted by Crippen LogP contribution is 2.27. The summed E-state index contributed by atoms with van der Waals surface area (Å²) in [7, 11) is 0. The number of benzene rings is 2. The van der Waals surface area contributed by atoms with Crippen molar-refractivity contribution in [2.24, 2.45) is 0 Å². The highest BCUT2D eigenvalue weighted by molar-refractivity contribution is 5.60. The minimum absolute atomic E-state index is 0.0188. The number of nitrogens with zero attached hydrogens (tertiary/aromatic N) is 1. The van der Waals surface area contributed by atoms with Crippen molar-refractivity contribution in [3.63, 3.8) is 0 Å². The van der Waals surface area contributed by atoms with Crippen LogP contribution in [0.1, 0.15) is 18.5 Å². The third-order valence-electron chi connectivity index (χ3n) is 3.93. The van der Waals surface area contributed by atoms with Crippen LogP contribution in [0.25, 0.3) is 0 Å². The first-order valence-corrected chi connectivity index (χ1v) is 8.03. The summed E-state index contributed by atoms with van der Waals surface area (Å²) < 4.78 is 0. The van der Waals surface area contributed by atoms with Crippen molar-refractivity contribution in [2.45, 2.75) is 13.0 Å². The first kappa shape index (κ1) is 17.9. The molecule has 0 radical (unpaired) electrons. The van der Waals surface area contributed by atoms with Gasteiger partial charge in [-0.15, -0.1) is 0 Å². The van der Waals surface area contributed by atoms with Gasteiger partial charge < -0.3 is 31.9 Å². The Morgan fingerprint density at radius 2 is 1.62 bits per heavy atom. The zero-order valence-corrected chi connectivity index (χ0v) is 13.9. The van der Waals surface area contributed by atoms with Crippen LogP contribution in [0.5, 0.6) is 0 Å². The number of aliphatic hydroxyl groups excluding tert-OH is 2. The first-order valence-electron chi connectivity index (χ1n) is 8.03. The maximum absolute atomic E-state index is 9.11. The van der Waals surface area contributed by atoms with Crippen molar-refractivity contribution >= 4 is 22.7 Å². The highest BCUT2D eigenvalue weighted by atomic mass is 16.3. The van der Waals surface area contributed by atoms with Gasteiger partial charge in [0.1, 0.15) is 0 Å². The average molecular weight is 330 g/mol. The molecule has 0 heterocycles. The highest BCUT2D eigenvalue weighted by Gasteiger charge is 2.10. The minimum Gasteiger partial charge on any atom is -0.399 e. The van der Waals surface area contributed by atoms with E-state index >= 15 is 0 Å². The van der Waals surface area contributed by atoms with E-state index in [0.717, 1.165) is 16.9 Å². The molecule has 0 fully saturated rings. The van der Waals surface area contributed by atoms with Gasteiger partial charge in [-0.1, -0.05) is 0 Å². The summed E-state index contributed by atoms with van der Waals surface area (Å²) in [6.07, 6.45) is 0. The molecule has 7 N–H and O–H groups in total. The van der Waals surface area contributed by atoms with Gasteiger partial charge in [-0.25, -0.2) is 0 Å². The van der Waals surface area contributed by atoms with Crippen LogP contribution in [0.15, 0.2) is 42.5 Å². The molecule has 0 bridgehead atoms. The molecule has 2 rings (SSSR count). The van der Waals surface area contributed by atoms with Gasteiger partial charge >= 0.3 is 0 Å². The van der Waals surface area contributed by atoms with Crippen LogP contribution in [0, 0.1) is 0 Å². The molecule has 1 atom stereocenters. The van der Waals surface area contributed by atoms with Gasteiger partial charge in [0, 0.05) is 35.8 Å². The fourth-order valence-electron chi connectivity index (χ4n) is 2.68. The topological polar surface area (TPSA) is 108 Å². The minimum atomic E-state index is 0.0188. The summed E-state index contributed by atoms with van der Waals surface area (Å²) in [5.41, 5.74) is 16.1. The van der Waals surface area contributed by atoms with E-state index < -0.39 is 0 Å². The van der Waals surface area contributed by atoms with Crippen LogP contribution in [-0.4, -0.2) is 36.5 Å². The number of hydrogen-bond acceptors (Lipinski definition) is 6. The fourth-order valence-corrected chi connectivity index (χ4v) is 2.68. The monoisotopic (exact) mass is 330 g/mol. The van der Waals surface area contributed by atoms with Crippen molar-refractivity contribution in [2.75, 3.05) is 48.0 Å². The second-order valence-corrected chi connectivity index (χ2v) is 5.74. The summed E-state index contributed by atoms with van der Waals surface area (Å²) in [6, 6.07) is 13.4. The molecule has 0 aliphatic rings. The predicted molar refractivity (Wildman–Crippen MR) is 100 cm³/mol. The quantitative estimate of drug-likeness (QED) is 0.473. The van der Waals surface area contributed by atoms with Crippen LogP contribution < -0.4 is 21.7 Å². The number of nitrogen functional groups attached to an aromatic ring is 2. The van der Waals surface area contributed by atoms with E-state index in [1.165, 1.54) is 0 Å². The molecular weight excluding hydrogens is 304 g/mol. The number of hydrogen-bond donors (Lipinski definition) is 5. The molecule has 0 aliphatic carbocycles. The number of aliphatic hydroxyl groups is 2. The second kappa shape index (κ2) is 8.42. The molecule has 2 aromatic carbocycles. The van der Waals surface area contributed by atoms with E-state index in [1.54, 1.807) is 6.07 Å². The van der Waals surface area contributed by atoms with Gasteiger partial charge in [-0.05, 0) is 55.0 Å². The van der Waals surface area contributed by atoms with Gasteiger partial charge in [0.15, 0.2) is 0 Å². The summed E-state index contributed by atoms with van der Waals surface area (Å²) in [4.78, 5) is 1.93. The lowest BCUT2D eigenvalue weighted by molar-refractivity contribution is 0.281. The zero-order valence-electron chi connectivity index (χ0n) is 13.9. The summed E-state index contributed by atoms with van der Waals surface area (Å²) in [6.45, 7) is 3.10. The Morgan fingerprint density at radius 3 is 2.21 bits per heavy atom. The molecule has 2 aromatic rings. The lowest BCUT2D eigenvalue weighted by Gasteiger charge is -2.24. The molecule has 130 valence electrons. The Bertz CT molecular complexity index is 640. The number of nitrogens with two attached hydrogens (primary N) is 2. The Morgan fingerprint density at radius 1 is 1.00 bits per heavy atom. The maximum Gasteiger partial charge on any atom is 0.0606 e. The van der Waals surface area contributed by atoms with Crippen molar-refractivity contribution in [1.29, 1.82) is 0 Å². The van der Waals surface area contributed by atoms with Crippen LogP contribution in [-0.2, 0) is 0 Å². The maximum atomic E-state index is 9.11. The third-order valence-corrected chi connectivity index (χ3v) is 3.93. The zero-order chi connectivity index (χ0) is 17.5. The molecule has 1 unspecified atom stereocenters. The van der Waals surface area contributed by atoms with Crippen molar-refractivity contribution in [3.8, 4) is 0 Å².